The molecule has 0 spiro atoms. The molecule has 0 aliphatic heterocycles. The summed E-state index contributed by atoms with van der Waals surface area (Å²) in [5.74, 6) is -5.55. The number of aliphatic hydroxyl groups excluding tert-OH is 2. The monoisotopic (exact) mass is 574 g/mol. The molecule has 0 saturated carbocycles. The van der Waals surface area contributed by atoms with Crippen molar-refractivity contribution >= 4 is 53.3 Å². The molecule has 0 aromatic heterocycles. The Morgan fingerprint density at radius 3 is 2.06 bits per heavy atom. The molecule has 0 unspecified atom stereocenters. The second-order valence-electron chi connectivity index (χ2n) is 6.23. The number of aromatic hydroxyl groups is 3. The minimum absolute atomic E-state index is 0.108. The largest absolute Gasteiger partial charge is 0.504 e. The van der Waals surface area contributed by atoms with E-state index in [0.717, 1.165) is 18.2 Å². The second kappa shape index (κ2) is 8.04. The van der Waals surface area contributed by atoms with Crippen molar-refractivity contribution in [2.75, 3.05) is 0 Å². The first kappa shape index (κ1) is 22.9. The van der Waals surface area contributed by atoms with Crippen molar-refractivity contribution in [3.8, 4) is 17.2 Å². The Morgan fingerprint density at radius 2 is 1.45 bits per heavy atom. The van der Waals surface area contributed by atoms with Crippen molar-refractivity contribution in [1.82, 2.24) is 0 Å². The molecule has 31 heavy (non-hydrogen) atoms. The van der Waals surface area contributed by atoms with E-state index < -0.39 is 49.6 Å². The molecule has 162 valence electrons. The molecule has 0 bridgehead atoms. The lowest BCUT2D eigenvalue weighted by Gasteiger charge is -2.20. The number of ketones is 1. The summed E-state index contributed by atoms with van der Waals surface area (Å²) in [6.07, 6.45) is 1.06. The van der Waals surface area contributed by atoms with Crippen molar-refractivity contribution in [3.05, 3.63) is 73.6 Å². The number of Topliss-reactive ketones (excluding diaryl/α,β-unsaturated/α-hetero) is 1. The number of hydrogen-bond donors (Lipinski definition) is 6. The number of allylic oxidation sites excluding steroid dienone is 2. The van der Waals surface area contributed by atoms with Crippen LogP contribution in [0.4, 0.5) is 0 Å². The maximum Gasteiger partial charge on any atom is 0.295 e. The van der Waals surface area contributed by atoms with Crippen LogP contribution >= 0.6 is 31.9 Å². The summed E-state index contributed by atoms with van der Waals surface area (Å²) in [4.78, 5) is 11.3. The van der Waals surface area contributed by atoms with Crippen LogP contribution in [0.25, 0.3) is 5.57 Å². The zero-order chi connectivity index (χ0) is 23.2. The van der Waals surface area contributed by atoms with Crippen LogP contribution in [0, 0.1) is 0 Å². The smallest absolute Gasteiger partial charge is 0.295 e. The molecule has 0 saturated heterocycles. The fraction of sp³-hybridized carbons (Fsp3) is 0. The highest BCUT2D eigenvalue weighted by atomic mass is 79.9. The van der Waals surface area contributed by atoms with Crippen LogP contribution < -0.4 is 0 Å². The van der Waals surface area contributed by atoms with Gasteiger partial charge in [0.15, 0.2) is 17.3 Å². The molecule has 2 aromatic rings. The van der Waals surface area contributed by atoms with E-state index >= 15 is 0 Å². The van der Waals surface area contributed by atoms with Gasteiger partial charge < -0.3 is 25.5 Å². The molecule has 3 rings (SSSR count). The third kappa shape index (κ3) is 3.94. The van der Waals surface area contributed by atoms with E-state index in [-0.39, 0.29) is 31.2 Å². The first-order chi connectivity index (χ1) is 14.4. The topological polar surface area (TPSA) is 173 Å². The SMILES string of the molecule is O=C1C(Br)=C/C(=C(\c2ccccc2S(=O)(=O)O)c2cc(Br)c(O)c(O)c2O)C(O)=C1O. The highest BCUT2D eigenvalue weighted by Crippen LogP contribution is 2.49. The molecule has 1 aliphatic carbocycles. The molecule has 0 atom stereocenters. The van der Waals surface area contributed by atoms with E-state index in [4.69, 9.17) is 0 Å². The third-order valence-corrected chi connectivity index (χ3v) is 6.46. The van der Waals surface area contributed by atoms with Crippen LogP contribution in [-0.2, 0) is 14.9 Å². The van der Waals surface area contributed by atoms with Gasteiger partial charge in [-0.15, -0.1) is 0 Å². The Balaban J connectivity index is 2.59. The number of benzene rings is 2. The average Bonchev–Trinajstić information content (AvgIpc) is 2.72. The van der Waals surface area contributed by atoms with E-state index in [0.29, 0.717) is 0 Å². The van der Waals surface area contributed by atoms with Gasteiger partial charge in [-0.2, -0.15) is 8.42 Å². The van der Waals surface area contributed by atoms with E-state index in [1.165, 1.54) is 18.2 Å². The zero-order valence-electron chi connectivity index (χ0n) is 15.0. The Bertz CT molecular complexity index is 1340. The summed E-state index contributed by atoms with van der Waals surface area (Å²) in [5.41, 5.74) is -1.18. The number of phenolic OH excluding ortho intramolecular Hbond substituents is 3. The molecule has 12 heteroatoms. The fourth-order valence-corrected chi connectivity index (χ4v) is 4.47. The van der Waals surface area contributed by atoms with Crippen molar-refractivity contribution in [2.24, 2.45) is 0 Å². The van der Waals surface area contributed by atoms with Gasteiger partial charge in [0.1, 0.15) is 4.90 Å². The average molecular weight is 576 g/mol. The van der Waals surface area contributed by atoms with Crippen molar-refractivity contribution in [3.63, 3.8) is 0 Å². The predicted octanol–water partition coefficient (Wildman–Crippen LogP) is 3.80. The minimum Gasteiger partial charge on any atom is -0.504 e. The van der Waals surface area contributed by atoms with Crippen molar-refractivity contribution in [2.45, 2.75) is 4.90 Å². The van der Waals surface area contributed by atoms with Crippen molar-refractivity contribution in [1.29, 1.82) is 0 Å². The van der Waals surface area contributed by atoms with E-state index in [1.54, 1.807) is 0 Å². The number of carbonyl (C=O) groups is 1. The standard InChI is InChI=1S/C19H12Br2O9S/c20-10-5-8(14(22)18(26)16(10)24)13(7-3-1-2-4-12(7)31(28,29)30)9-6-11(21)17(25)19(27)15(9)23/h1-6,22-24,26-27H,(H,28,29,30)/b13-9-. The summed E-state index contributed by atoms with van der Waals surface area (Å²) < 4.78 is 33.3. The molecule has 0 heterocycles. The molecule has 0 amide bonds. The normalized spacial score (nSPS) is 16.4. The van der Waals surface area contributed by atoms with Gasteiger partial charge in [-0.05, 0) is 50.1 Å². The van der Waals surface area contributed by atoms with Crippen LogP contribution in [0.3, 0.4) is 0 Å². The predicted molar refractivity (Wildman–Crippen MR) is 116 cm³/mol. The maximum atomic E-state index is 12.0. The van der Waals surface area contributed by atoms with Crippen LogP contribution in [0.5, 0.6) is 17.2 Å². The van der Waals surface area contributed by atoms with Gasteiger partial charge in [-0.3, -0.25) is 9.35 Å². The Kier molecular flexibility index (Phi) is 5.93. The summed E-state index contributed by atoms with van der Waals surface area (Å²) in [5, 5.41) is 50.9. The molecule has 9 nitrogen and oxygen atoms in total. The van der Waals surface area contributed by atoms with Gasteiger partial charge in [-0.25, -0.2) is 0 Å². The highest BCUT2D eigenvalue weighted by molar-refractivity contribution is 9.12. The van der Waals surface area contributed by atoms with Crippen molar-refractivity contribution < 1.29 is 43.3 Å². The van der Waals surface area contributed by atoms with E-state index in [9.17, 15) is 43.3 Å². The zero-order valence-corrected chi connectivity index (χ0v) is 19.0. The third-order valence-electron chi connectivity index (χ3n) is 4.36. The van der Waals surface area contributed by atoms with E-state index in [1.807, 2.05) is 0 Å². The Labute approximate surface area is 191 Å². The second-order valence-corrected chi connectivity index (χ2v) is 9.33. The summed E-state index contributed by atoms with van der Waals surface area (Å²) in [6.45, 7) is 0. The van der Waals surface area contributed by atoms with E-state index in [2.05, 4.69) is 31.9 Å². The summed E-state index contributed by atoms with van der Waals surface area (Å²) in [6, 6.07) is 6.08. The molecule has 1 aliphatic rings. The van der Waals surface area contributed by atoms with Gasteiger partial charge >= 0.3 is 0 Å². The van der Waals surface area contributed by atoms with Gasteiger partial charge in [0, 0.05) is 22.3 Å². The molecular weight excluding hydrogens is 564 g/mol. The first-order valence-corrected chi connectivity index (χ1v) is 11.2. The molecule has 2 aromatic carbocycles. The maximum absolute atomic E-state index is 12.0. The van der Waals surface area contributed by atoms with Gasteiger partial charge in [0.2, 0.25) is 17.3 Å². The quantitative estimate of drug-likeness (QED) is 0.235. The summed E-state index contributed by atoms with van der Waals surface area (Å²) >= 11 is 5.92. The Hall–Kier alpha value is -2.80. The lowest BCUT2D eigenvalue weighted by molar-refractivity contribution is -0.114. The van der Waals surface area contributed by atoms with Gasteiger partial charge in [0.25, 0.3) is 10.1 Å². The van der Waals surface area contributed by atoms with Crippen LogP contribution in [-0.4, -0.2) is 44.3 Å². The fourth-order valence-electron chi connectivity index (χ4n) is 2.94. The van der Waals surface area contributed by atoms with Gasteiger partial charge in [0.05, 0.1) is 8.96 Å². The highest BCUT2D eigenvalue weighted by Gasteiger charge is 2.31. The molecule has 0 fully saturated rings. The molecular formula is C19H12Br2O9S. The summed E-state index contributed by atoms with van der Waals surface area (Å²) in [7, 11) is -4.82. The number of rotatable bonds is 3. The van der Waals surface area contributed by atoms with Crippen LogP contribution in [0.15, 0.2) is 67.3 Å². The molecule has 0 radical (unpaired) electrons. The minimum atomic E-state index is -4.82. The van der Waals surface area contributed by atoms with Gasteiger partial charge in [-0.1, -0.05) is 18.2 Å². The lowest BCUT2D eigenvalue weighted by Crippen LogP contribution is -2.14. The van der Waals surface area contributed by atoms with Crippen LogP contribution in [0.1, 0.15) is 11.1 Å². The molecule has 6 N–H and O–H groups in total. The number of aliphatic hydroxyl groups is 2. The van der Waals surface area contributed by atoms with Crippen LogP contribution in [0.2, 0.25) is 0 Å². The number of halogens is 2. The number of hydrogen-bond acceptors (Lipinski definition) is 8. The Morgan fingerprint density at radius 1 is 0.839 bits per heavy atom. The lowest BCUT2D eigenvalue weighted by atomic mass is 9.88. The first-order valence-electron chi connectivity index (χ1n) is 8.15. The number of phenols is 3. The number of carbonyl (C=O) groups excluding carboxylic acids is 1.